The molecule has 1 atom stereocenters. The van der Waals surface area contributed by atoms with Gasteiger partial charge < -0.3 is 15.5 Å². The lowest BCUT2D eigenvalue weighted by Gasteiger charge is -2.39. The van der Waals surface area contributed by atoms with Crippen molar-refractivity contribution < 1.29 is 9.59 Å². The summed E-state index contributed by atoms with van der Waals surface area (Å²) in [5, 5.41) is 13.5. The van der Waals surface area contributed by atoms with Gasteiger partial charge in [0.1, 0.15) is 11.6 Å². The zero-order valence-corrected chi connectivity index (χ0v) is 19.2. The first kappa shape index (κ1) is 22.2. The monoisotopic (exact) mass is 439 g/mol. The Bertz CT molecular complexity index is 980. The van der Waals surface area contributed by atoms with Crippen LogP contribution in [0.15, 0.2) is 12.1 Å². The Hall–Kier alpha value is -2.97. The molecular weight excluding hydrogens is 406 g/mol. The molecule has 0 aromatic carbocycles. The van der Waals surface area contributed by atoms with Crippen LogP contribution in [0.1, 0.15) is 81.5 Å². The molecule has 4 rings (SSSR count). The van der Waals surface area contributed by atoms with Crippen LogP contribution in [-0.4, -0.2) is 49.0 Å². The molecule has 9 heteroatoms. The van der Waals surface area contributed by atoms with Gasteiger partial charge in [-0.15, -0.1) is 0 Å². The number of aryl methyl sites for hydroxylation is 2. The number of hydrogen-bond acceptors (Lipinski definition) is 6. The van der Waals surface area contributed by atoms with Gasteiger partial charge in [-0.25, -0.2) is 9.97 Å². The lowest BCUT2D eigenvalue weighted by atomic mass is 9.78. The zero-order valence-electron chi connectivity index (χ0n) is 19.2. The first-order chi connectivity index (χ1) is 15.3. The molecule has 32 heavy (non-hydrogen) atoms. The van der Waals surface area contributed by atoms with Crippen molar-refractivity contribution in [3.05, 3.63) is 29.3 Å². The van der Waals surface area contributed by atoms with Crippen LogP contribution in [0.3, 0.4) is 0 Å². The molecule has 2 fully saturated rings. The number of amides is 2. The van der Waals surface area contributed by atoms with Crippen LogP contribution in [0.25, 0.3) is 0 Å². The van der Waals surface area contributed by atoms with E-state index in [1.54, 1.807) is 6.92 Å². The maximum absolute atomic E-state index is 13.4. The molecule has 2 aromatic heterocycles. The molecule has 1 aliphatic carbocycles. The molecule has 3 N–H and O–H groups in total. The summed E-state index contributed by atoms with van der Waals surface area (Å²) in [6.45, 7) is 6.05. The number of nitrogens with one attached hydrogen (secondary N) is 3. The molecule has 2 aliphatic rings. The van der Waals surface area contributed by atoms with Crippen LogP contribution < -0.4 is 10.6 Å². The van der Waals surface area contributed by atoms with E-state index in [1.165, 1.54) is 0 Å². The highest BCUT2D eigenvalue weighted by Crippen LogP contribution is 2.36. The Morgan fingerprint density at radius 1 is 1.12 bits per heavy atom. The lowest BCUT2D eigenvalue weighted by Crippen LogP contribution is -2.52. The van der Waals surface area contributed by atoms with Gasteiger partial charge in [-0.2, -0.15) is 5.10 Å². The second-order valence-electron chi connectivity index (χ2n) is 9.23. The van der Waals surface area contributed by atoms with Crippen molar-refractivity contribution in [2.75, 3.05) is 11.9 Å². The number of nitrogens with zero attached hydrogens (tertiary/aromatic N) is 4. The highest BCUT2D eigenvalue weighted by Gasteiger charge is 2.39. The Morgan fingerprint density at radius 2 is 1.91 bits per heavy atom. The van der Waals surface area contributed by atoms with Gasteiger partial charge in [0.05, 0.1) is 11.7 Å². The van der Waals surface area contributed by atoms with Gasteiger partial charge in [-0.1, -0.05) is 19.3 Å². The van der Waals surface area contributed by atoms with Crippen LogP contribution in [0, 0.1) is 13.8 Å². The molecule has 172 valence electrons. The van der Waals surface area contributed by atoms with E-state index in [9.17, 15) is 9.59 Å². The van der Waals surface area contributed by atoms with E-state index in [-0.39, 0.29) is 17.9 Å². The Labute approximate surface area is 188 Å². The Balaban J connectivity index is 1.52. The van der Waals surface area contributed by atoms with Crippen molar-refractivity contribution in [1.82, 2.24) is 30.4 Å². The van der Waals surface area contributed by atoms with Crippen molar-refractivity contribution in [3.63, 3.8) is 0 Å². The van der Waals surface area contributed by atoms with Crippen LogP contribution in [0.5, 0.6) is 0 Å². The van der Waals surface area contributed by atoms with Gasteiger partial charge in [-0.05, 0) is 39.5 Å². The summed E-state index contributed by atoms with van der Waals surface area (Å²) in [7, 11) is 0. The van der Waals surface area contributed by atoms with E-state index >= 15 is 0 Å². The minimum absolute atomic E-state index is 0.0617. The number of rotatable bonds is 6. The maximum atomic E-state index is 13.4. The average Bonchev–Trinajstić information content (AvgIpc) is 3.36. The van der Waals surface area contributed by atoms with Crippen molar-refractivity contribution in [2.45, 2.75) is 83.7 Å². The summed E-state index contributed by atoms with van der Waals surface area (Å²) in [6.07, 6.45) is 7.14. The quantitative estimate of drug-likeness (QED) is 0.635. The summed E-state index contributed by atoms with van der Waals surface area (Å²) in [5.41, 5.74) is 1.39. The van der Waals surface area contributed by atoms with Crippen molar-refractivity contribution in [1.29, 1.82) is 0 Å². The molecule has 1 saturated carbocycles. The summed E-state index contributed by atoms with van der Waals surface area (Å²) in [6, 6.07) is 3.75. The van der Waals surface area contributed by atoms with E-state index in [4.69, 9.17) is 0 Å². The smallest absolute Gasteiger partial charge is 0.225 e. The van der Waals surface area contributed by atoms with Crippen molar-refractivity contribution in [2.24, 2.45) is 0 Å². The molecule has 9 nitrogen and oxygen atoms in total. The minimum atomic E-state index is -0.416. The lowest BCUT2D eigenvalue weighted by molar-refractivity contribution is -0.135. The summed E-state index contributed by atoms with van der Waals surface area (Å²) < 4.78 is 0. The second kappa shape index (κ2) is 9.26. The molecule has 3 heterocycles. The molecule has 2 aromatic rings. The third kappa shape index (κ3) is 5.08. The van der Waals surface area contributed by atoms with E-state index in [0.717, 1.165) is 56.3 Å². The highest BCUT2D eigenvalue weighted by molar-refractivity contribution is 5.80. The molecule has 1 saturated heterocycles. The summed E-state index contributed by atoms with van der Waals surface area (Å²) >= 11 is 0. The average molecular weight is 440 g/mol. The second-order valence-corrected chi connectivity index (χ2v) is 9.23. The highest BCUT2D eigenvalue weighted by atomic mass is 16.2. The first-order valence-electron chi connectivity index (χ1n) is 11.6. The number of carbonyl (C=O) groups excluding carboxylic acids is 2. The number of aromatic amines is 1. The van der Waals surface area contributed by atoms with E-state index in [1.807, 2.05) is 30.9 Å². The van der Waals surface area contributed by atoms with Crippen molar-refractivity contribution >= 4 is 23.5 Å². The van der Waals surface area contributed by atoms with Gasteiger partial charge in [-0.3, -0.25) is 14.7 Å². The molecule has 0 bridgehead atoms. The fraction of sp³-hybridized carbons (Fsp3) is 0.609. The largest absolute Gasteiger partial charge is 0.350 e. The number of aromatic nitrogens is 4. The molecule has 1 aliphatic heterocycles. The first-order valence-corrected chi connectivity index (χ1v) is 11.6. The van der Waals surface area contributed by atoms with Gasteiger partial charge in [0.15, 0.2) is 5.82 Å². The third-order valence-electron chi connectivity index (χ3n) is 6.48. The SMILES string of the molecule is CC(=O)NC1(CC(=O)N2CCCC2c2cc(Nc3cc(C)[nH]n3)nc(C)n2)CCCCC1. The Morgan fingerprint density at radius 3 is 2.59 bits per heavy atom. The van der Waals surface area contributed by atoms with E-state index in [0.29, 0.717) is 30.4 Å². The van der Waals surface area contributed by atoms with Gasteiger partial charge in [0, 0.05) is 43.3 Å². The number of likely N-dealkylation sites (tertiary alicyclic amines) is 1. The number of hydrogen-bond donors (Lipinski definition) is 3. The molecule has 0 radical (unpaired) electrons. The zero-order chi connectivity index (χ0) is 22.7. The fourth-order valence-electron chi connectivity index (χ4n) is 5.15. The topological polar surface area (TPSA) is 116 Å². The van der Waals surface area contributed by atoms with Gasteiger partial charge in [0.25, 0.3) is 0 Å². The van der Waals surface area contributed by atoms with Crippen LogP contribution in [0.2, 0.25) is 0 Å². The van der Waals surface area contributed by atoms with Gasteiger partial charge >= 0.3 is 0 Å². The third-order valence-corrected chi connectivity index (χ3v) is 6.48. The summed E-state index contributed by atoms with van der Waals surface area (Å²) in [4.78, 5) is 36.4. The minimum Gasteiger partial charge on any atom is -0.350 e. The molecule has 1 unspecified atom stereocenters. The number of anilines is 2. The molecule has 2 amide bonds. The molecular formula is C23H33N7O2. The fourth-order valence-corrected chi connectivity index (χ4v) is 5.15. The number of H-pyrrole nitrogens is 1. The van der Waals surface area contributed by atoms with Crippen LogP contribution in [-0.2, 0) is 9.59 Å². The van der Waals surface area contributed by atoms with E-state index in [2.05, 4.69) is 30.8 Å². The molecule has 0 spiro atoms. The predicted molar refractivity (Wildman–Crippen MR) is 121 cm³/mol. The van der Waals surface area contributed by atoms with E-state index < -0.39 is 5.54 Å². The summed E-state index contributed by atoms with van der Waals surface area (Å²) in [5.74, 6) is 2.05. The number of carbonyl (C=O) groups is 2. The standard InChI is InChI=1S/C23H33N7O2/c1-15-12-21(29-28-15)26-20-13-18(24-16(2)25-20)19-8-7-11-30(19)22(32)14-23(27-17(3)31)9-5-4-6-10-23/h12-13,19H,4-11,14H2,1-3H3,(H,27,31)(H2,24,25,26,28,29). The van der Waals surface area contributed by atoms with Crippen LogP contribution >= 0.6 is 0 Å². The maximum Gasteiger partial charge on any atom is 0.225 e. The predicted octanol–water partition coefficient (Wildman–Crippen LogP) is 3.45. The van der Waals surface area contributed by atoms with Gasteiger partial charge in [0.2, 0.25) is 11.8 Å². The van der Waals surface area contributed by atoms with Crippen molar-refractivity contribution in [3.8, 4) is 0 Å². The van der Waals surface area contributed by atoms with Crippen LogP contribution in [0.4, 0.5) is 11.6 Å². The Kier molecular flexibility index (Phi) is 6.43. The normalized spacial score (nSPS) is 20.2.